The number of benzene rings is 1. The van der Waals surface area contributed by atoms with Gasteiger partial charge in [-0.15, -0.1) is 0 Å². The Hall–Kier alpha value is -0.890. The fraction of sp³-hybridized carbons (Fsp3) is 0.364. The highest BCUT2D eigenvalue weighted by molar-refractivity contribution is 6.30. The van der Waals surface area contributed by atoms with Crippen molar-refractivity contribution in [3.8, 4) is 0 Å². The second-order valence-electron chi connectivity index (χ2n) is 3.79. The van der Waals surface area contributed by atoms with Crippen LogP contribution < -0.4 is 0 Å². The predicted octanol–water partition coefficient (Wildman–Crippen LogP) is 2.91. The minimum absolute atomic E-state index is 0.304. The van der Waals surface area contributed by atoms with Gasteiger partial charge in [0, 0.05) is 5.02 Å². The van der Waals surface area contributed by atoms with Crippen molar-refractivity contribution < 1.29 is 9.18 Å². The molecular weight excluding hydrogens is 203 g/mol. The van der Waals surface area contributed by atoms with Crippen LogP contribution in [0.4, 0.5) is 4.39 Å². The van der Waals surface area contributed by atoms with Gasteiger partial charge in [0.05, 0.1) is 5.41 Å². The third-order valence-electron chi connectivity index (χ3n) is 2.82. The average molecular weight is 213 g/mol. The first-order chi connectivity index (χ1) is 6.66. The van der Waals surface area contributed by atoms with Gasteiger partial charge in [0.1, 0.15) is 12.5 Å². The van der Waals surface area contributed by atoms with E-state index in [1.165, 1.54) is 0 Å². The highest BCUT2D eigenvalue weighted by Crippen LogP contribution is 2.43. The summed E-state index contributed by atoms with van der Waals surface area (Å²) in [5.74, 6) is 0. The molecule has 2 rings (SSSR count). The highest BCUT2D eigenvalue weighted by Gasteiger charge is 2.45. The molecule has 0 aromatic heterocycles. The Morgan fingerprint density at radius 3 is 2.36 bits per heavy atom. The number of alkyl halides is 1. The van der Waals surface area contributed by atoms with Crippen LogP contribution in [0.15, 0.2) is 24.3 Å². The molecule has 1 aromatic rings. The van der Waals surface area contributed by atoms with Crippen molar-refractivity contribution >= 4 is 17.9 Å². The standard InChI is InChI=1S/C11H10ClFO/c12-9-3-1-8(2-4-9)11(7-14)5-10(13)6-11/h1-4,7,10H,5-6H2. The predicted molar refractivity (Wildman–Crippen MR) is 53.3 cm³/mol. The normalized spacial score (nSPS) is 30.9. The lowest BCUT2D eigenvalue weighted by atomic mass is 9.64. The Morgan fingerprint density at radius 2 is 1.93 bits per heavy atom. The third kappa shape index (κ3) is 1.44. The first kappa shape index (κ1) is 9.66. The zero-order chi connectivity index (χ0) is 10.2. The summed E-state index contributed by atoms with van der Waals surface area (Å²) >= 11 is 5.73. The molecule has 1 aromatic carbocycles. The second-order valence-corrected chi connectivity index (χ2v) is 4.22. The summed E-state index contributed by atoms with van der Waals surface area (Å²) in [6.45, 7) is 0. The van der Waals surface area contributed by atoms with Crippen molar-refractivity contribution in [2.24, 2.45) is 0 Å². The van der Waals surface area contributed by atoms with Gasteiger partial charge >= 0.3 is 0 Å². The largest absolute Gasteiger partial charge is 0.302 e. The zero-order valence-electron chi connectivity index (χ0n) is 7.54. The molecule has 0 N–H and O–H groups in total. The van der Waals surface area contributed by atoms with Crippen LogP contribution in [0.25, 0.3) is 0 Å². The van der Waals surface area contributed by atoms with Crippen LogP contribution in [-0.2, 0) is 10.2 Å². The van der Waals surface area contributed by atoms with Crippen LogP contribution in [0.5, 0.6) is 0 Å². The summed E-state index contributed by atoms with van der Waals surface area (Å²) in [4.78, 5) is 10.9. The van der Waals surface area contributed by atoms with E-state index in [4.69, 9.17) is 11.6 Å². The van der Waals surface area contributed by atoms with Gasteiger partial charge in [-0.25, -0.2) is 4.39 Å². The molecular formula is C11H10ClFO. The van der Waals surface area contributed by atoms with Crippen molar-refractivity contribution in [2.75, 3.05) is 0 Å². The van der Waals surface area contributed by atoms with Gasteiger partial charge in [-0.2, -0.15) is 0 Å². The summed E-state index contributed by atoms with van der Waals surface area (Å²) in [6, 6.07) is 7.05. The van der Waals surface area contributed by atoms with Crippen LogP contribution in [0.1, 0.15) is 18.4 Å². The van der Waals surface area contributed by atoms with E-state index in [1.54, 1.807) is 24.3 Å². The lowest BCUT2D eigenvalue weighted by Crippen LogP contribution is -2.43. The Morgan fingerprint density at radius 1 is 1.36 bits per heavy atom. The van der Waals surface area contributed by atoms with Crippen LogP contribution in [-0.4, -0.2) is 12.5 Å². The molecule has 0 atom stereocenters. The maximum Gasteiger partial charge on any atom is 0.130 e. The number of carbonyl (C=O) groups excluding carboxylic acids is 1. The molecule has 1 fully saturated rings. The van der Waals surface area contributed by atoms with E-state index in [1.807, 2.05) is 0 Å². The second kappa shape index (κ2) is 3.35. The highest BCUT2D eigenvalue weighted by atomic mass is 35.5. The first-order valence-corrected chi connectivity index (χ1v) is 4.90. The van der Waals surface area contributed by atoms with Gasteiger partial charge in [-0.1, -0.05) is 23.7 Å². The number of halogens is 2. The molecule has 0 heterocycles. The Kier molecular flexibility index (Phi) is 2.31. The van der Waals surface area contributed by atoms with Gasteiger partial charge in [-0.3, -0.25) is 0 Å². The molecule has 0 saturated heterocycles. The van der Waals surface area contributed by atoms with Crippen molar-refractivity contribution in [3.63, 3.8) is 0 Å². The molecule has 0 radical (unpaired) electrons. The number of rotatable bonds is 2. The number of hydrogen-bond donors (Lipinski definition) is 0. The first-order valence-electron chi connectivity index (χ1n) is 4.53. The number of aldehydes is 1. The van der Waals surface area contributed by atoms with E-state index in [-0.39, 0.29) is 0 Å². The Labute approximate surface area is 86.9 Å². The maximum atomic E-state index is 12.8. The molecule has 0 amide bonds. The van der Waals surface area contributed by atoms with Crippen LogP contribution >= 0.6 is 11.6 Å². The molecule has 14 heavy (non-hydrogen) atoms. The molecule has 1 saturated carbocycles. The molecule has 0 spiro atoms. The summed E-state index contributed by atoms with van der Waals surface area (Å²) in [5, 5.41) is 0.630. The quantitative estimate of drug-likeness (QED) is 0.689. The van der Waals surface area contributed by atoms with Gasteiger partial charge in [0.25, 0.3) is 0 Å². The number of hydrogen-bond acceptors (Lipinski definition) is 1. The van der Waals surface area contributed by atoms with E-state index in [0.717, 1.165) is 11.8 Å². The van der Waals surface area contributed by atoms with E-state index in [0.29, 0.717) is 17.9 Å². The van der Waals surface area contributed by atoms with E-state index >= 15 is 0 Å². The minimum Gasteiger partial charge on any atom is -0.302 e. The van der Waals surface area contributed by atoms with Crippen molar-refractivity contribution in [2.45, 2.75) is 24.4 Å². The van der Waals surface area contributed by atoms with E-state index in [9.17, 15) is 9.18 Å². The molecule has 1 aliphatic rings. The van der Waals surface area contributed by atoms with Crippen LogP contribution in [0.3, 0.4) is 0 Å². The number of carbonyl (C=O) groups is 1. The monoisotopic (exact) mass is 212 g/mol. The van der Waals surface area contributed by atoms with Gasteiger partial charge in [-0.05, 0) is 30.5 Å². The smallest absolute Gasteiger partial charge is 0.130 e. The van der Waals surface area contributed by atoms with Crippen LogP contribution in [0.2, 0.25) is 5.02 Å². The lowest BCUT2D eigenvalue weighted by Gasteiger charge is -2.40. The maximum absolute atomic E-state index is 12.8. The SMILES string of the molecule is O=CC1(c2ccc(Cl)cc2)CC(F)C1. The van der Waals surface area contributed by atoms with Gasteiger partial charge < -0.3 is 4.79 Å². The molecule has 1 nitrogen and oxygen atoms in total. The summed E-state index contributed by atoms with van der Waals surface area (Å²) in [6.07, 6.45) is 0.624. The Bertz CT molecular complexity index is 341. The van der Waals surface area contributed by atoms with Crippen LogP contribution in [0, 0.1) is 0 Å². The fourth-order valence-electron chi connectivity index (χ4n) is 1.91. The van der Waals surface area contributed by atoms with E-state index in [2.05, 4.69) is 0 Å². The molecule has 0 aliphatic heterocycles. The molecule has 1 aliphatic carbocycles. The van der Waals surface area contributed by atoms with Gasteiger partial charge in [0.2, 0.25) is 0 Å². The summed E-state index contributed by atoms with van der Waals surface area (Å²) < 4.78 is 12.8. The Balaban J connectivity index is 2.29. The lowest BCUT2D eigenvalue weighted by molar-refractivity contribution is -0.117. The zero-order valence-corrected chi connectivity index (χ0v) is 8.30. The summed E-state index contributed by atoms with van der Waals surface area (Å²) in [7, 11) is 0. The minimum atomic E-state index is -0.837. The molecule has 74 valence electrons. The average Bonchev–Trinajstić information content (AvgIpc) is 2.14. The summed E-state index contributed by atoms with van der Waals surface area (Å²) in [5.41, 5.74) is 0.273. The van der Waals surface area contributed by atoms with Crippen molar-refractivity contribution in [1.82, 2.24) is 0 Å². The van der Waals surface area contributed by atoms with Crippen molar-refractivity contribution in [3.05, 3.63) is 34.9 Å². The van der Waals surface area contributed by atoms with E-state index < -0.39 is 11.6 Å². The fourth-order valence-corrected chi connectivity index (χ4v) is 2.04. The molecule has 3 heteroatoms. The topological polar surface area (TPSA) is 17.1 Å². The third-order valence-corrected chi connectivity index (χ3v) is 3.07. The molecule has 0 bridgehead atoms. The van der Waals surface area contributed by atoms with Gasteiger partial charge in [0.15, 0.2) is 0 Å². The van der Waals surface area contributed by atoms with Crippen molar-refractivity contribution in [1.29, 1.82) is 0 Å². The molecule has 0 unspecified atom stereocenters.